The predicted molar refractivity (Wildman–Crippen MR) is 60.4 cm³/mol. The molecule has 1 atom stereocenters. The van der Waals surface area contributed by atoms with Gasteiger partial charge in [-0.2, -0.15) is 17.0 Å². The van der Waals surface area contributed by atoms with E-state index >= 15 is 0 Å². The van der Waals surface area contributed by atoms with E-state index < -0.39 is 0 Å². The number of anilines is 1. The first kappa shape index (κ1) is 10.9. The number of rotatable bonds is 4. The van der Waals surface area contributed by atoms with E-state index in [-0.39, 0.29) is 0 Å². The van der Waals surface area contributed by atoms with Gasteiger partial charge < -0.3 is 5.32 Å². The topological polar surface area (TPSA) is 48.7 Å². The number of nitrogens with one attached hydrogen (secondary N) is 1. The van der Waals surface area contributed by atoms with Crippen LogP contribution in [0, 0.1) is 11.3 Å². The maximum absolute atomic E-state index is 8.69. The van der Waals surface area contributed by atoms with Gasteiger partial charge in [0.05, 0.1) is 11.6 Å². The summed E-state index contributed by atoms with van der Waals surface area (Å²) in [5.41, 5.74) is 0.638. The Morgan fingerprint density at radius 1 is 1.71 bits per heavy atom. The minimum Gasteiger partial charge on any atom is -0.367 e. The van der Waals surface area contributed by atoms with Crippen molar-refractivity contribution in [2.75, 3.05) is 17.3 Å². The third kappa shape index (κ3) is 3.27. The fourth-order valence-electron chi connectivity index (χ4n) is 1.12. The Labute approximate surface area is 88.5 Å². The summed E-state index contributed by atoms with van der Waals surface area (Å²) in [5.74, 6) is 1.80. The highest BCUT2D eigenvalue weighted by molar-refractivity contribution is 7.98. The van der Waals surface area contributed by atoms with E-state index in [4.69, 9.17) is 5.26 Å². The first-order chi connectivity index (χ1) is 6.76. The summed E-state index contributed by atoms with van der Waals surface area (Å²) in [4.78, 5) is 4.14. The summed E-state index contributed by atoms with van der Waals surface area (Å²) in [5, 5.41) is 11.9. The van der Waals surface area contributed by atoms with Crippen LogP contribution in [0.3, 0.4) is 0 Å². The molecule has 0 amide bonds. The van der Waals surface area contributed by atoms with Crippen LogP contribution in [0.5, 0.6) is 0 Å². The summed E-state index contributed by atoms with van der Waals surface area (Å²) in [6, 6.07) is 5.91. The second-order valence-electron chi connectivity index (χ2n) is 3.04. The first-order valence-electron chi connectivity index (χ1n) is 4.38. The Kier molecular flexibility index (Phi) is 4.27. The van der Waals surface area contributed by atoms with Gasteiger partial charge in [0.15, 0.2) is 0 Å². The van der Waals surface area contributed by atoms with Crippen LogP contribution in [0.25, 0.3) is 0 Å². The summed E-state index contributed by atoms with van der Waals surface area (Å²) >= 11 is 1.78. The van der Waals surface area contributed by atoms with Gasteiger partial charge in [-0.25, -0.2) is 4.98 Å². The summed E-state index contributed by atoms with van der Waals surface area (Å²) < 4.78 is 0. The van der Waals surface area contributed by atoms with E-state index in [0.717, 1.165) is 11.6 Å². The Hall–Kier alpha value is -1.21. The third-order valence-corrected chi connectivity index (χ3v) is 2.53. The van der Waals surface area contributed by atoms with E-state index in [1.54, 1.807) is 30.1 Å². The Bertz CT molecular complexity index is 332. The van der Waals surface area contributed by atoms with Gasteiger partial charge in [-0.05, 0) is 25.3 Å². The maximum Gasteiger partial charge on any atom is 0.127 e. The highest BCUT2D eigenvalue weighted by Gasteiger charge is 2.01. The fourth-order valence-corrected chi connectivity index (χ4v) is 1.71. The molecule has 1 aromatic rings. The molecule has 0 aliphatic rings. The average Bonchev–Trinajstić information content (AvgIpc) is 2.18. The van der Waals surface area contributed by atoms with Crippen molar-refractivity contribution in [3.05, 3.63) is 23.9 Å². The Morgan fingerprint density at radius 3 is 3.14 bits per heavy atom. The molecule has 1 N–H and O–H groups in total. The van der Waals surface area contributed by atoms with Gasteiger partial charge >= 0.3 is 0 Å². The van der Waals surface area contributed by atoms with E-state index in [0.29, 0.717) is 11.6 Å². The number of pyridine rings is 1. The zero-order chi connectivity index (χ0) is 10.4. The highest BCUT2D eigenvalue weighted by atomic mass is 32.2. The second kappa shape index (κ2) is 5.51. The van der Waals surface area contributed by atoms with Crippen LogP contribution in [0.15, 0.2) is 18.3 Å². The highest BCUT2D eigenvalue weighted by Crippen LogP contribution is 2.08. The molecule has 0 saturated heterocycles. The molecular formula is C10H13N3S. The number of nitriles is 1. The fraction of sp³-hybridized carbons (Fsp3) is 0.400. The van der Waals surface area contributed by atoms with Crippen LogP contribution in [0.4, 0.5) is 5.82 Å². The molecule has 74 valence electrons. The van der Waals surface area contributed by atoms with Crippen LogP contribution in [-0.2, 0) is 0 Å². The summed E-state index contributed by atoms with van der Waals surface area (Å²) in [6.07, 6.45) is 3.71. The Balaban J connectivity index is 2.63. The van der Waals surface area contributed by atoms with Crippen molar-refractivity contribution in [2.45, 2.75) is 13.0 Å². The first-order valence-corrected chi connectivity index (χ1v) is 5.77. The molecule has 0 fully saturated rings. The van der Waals surface area contributed by atoms with Gasteiger partial charge in [0.1, 0.15) is 5.82 Å². The molecular weight excluding hydrogens is 194 g/mol. The molecule has 4 heteroatoms. The predicted octanol–water partition coefficient (Wildman–Crippen LogP) is 2.12. The largest absolute Gasteiger partial charge is 0.367 e. The van der Waals surface area contributed by atoms with Crippen LogP contribution in [0.2, 0.25) is 0 Å². The molecule has 0 radical (unpaired) electrons. The van der Waals surface area contributed by atoms with E-state index in [1.165, 1.54) is 0 Å². The Morgan fingerprint density at radius 2 is 2.50 bits per heavy atom. The molecule has 0 bridgehead atoms. The monoisotopic (exact) mass is 207 g/mol. The van der Waals surface area contributed by atoms with Gasteiger partial charge in [-0.3, -0.25) is 0 Å². The van der Waals surface area contributed by atoms with E-state index in [9.17, 15) is 0 Å². The molecule has 1 heterocycles. The third-order valence-electron chi connectivity index (χ3n) is 1.70. The minimum absolute atomic E-state index is 0.367. The molecule has 0 spiro atoms. The van der Waals surface area contributed by atoms with E-state index in [1.807, 2.05) is 0 Å². The van der Waals surface area contributed by atoms with Crippen LogP contribution in [0.1, 0.15) is 12.5 Å². The smallest absolute Gasteiger partial charge is 0.127 e. The number of thioether (sulfide) groups is 1. The number of aromatic nitrogens is 1. The molecule has 1 rings (SSSR count). The van der Waals surface area contributed by atoms with Crippen molar-refractivity contribution in [1.29, 1.82) is 5.26 Å². The summed E-state index contributed by atoms with van der Waals surface area (Å²) in [6.45, 7) is 2.09. The molecule has 0 aliphatic heterocycles. The lowest BCUT2D eigenvalue weighted by Crippen LogP contribution is -2.18. The molecule has 0 saturated carbocycles. The van der Waals surface area contributed by atoms with Crippen molar-refractivity contribution in [3.8, 4) is 6.07 Å². The normalized spacial score (nSPS) is 11.8. The van der Waals surface area contributed by atoms with Crippen molar-refractivity contribution in [3.63, 3.8) is 0 Å². The van der Waals surface area contributed by atoms with Crippen LogP contribution in [-0.4, -0.2) is 23.0 Å². The van der Waals surface area contributed by atoms with Gasteiger partial charge in [0.25, 0.3) is 0 Å². The molecule has 1 aromatic heterocycles. The standard InChI is InChI=1S/C10H13N3S/c1-8(7-14-2)13-10-5-9(6-11)3-4-12-10/h3-5,8H,7H2,1-2H3,(H,12,13). The van der Waals surface area contributed by atoms with E-state index in [2.05, 4.69) is 29.5 Å². The minimum atomic E-state index is 0.367. The zero-order valence-corrected chi connectivity index (χ0v) is 9.14. The number of nitrogens with zero attached hydrogens (tertiary/aromatic N) is 2. The summed E-state index contributed by atoms with van der Waals surface area (Å²) in [7, 11) is 0. The maximum atomic E-state index is 8.69. The van der Waals surface area contributed by atoms with Gasteiger partial charge in [0.2, 0.25) is 0 Å². The van der Waals surface area contributed by atoms with Gasteiger partial charge in [0, 0.05) is 18.0 Å². The lowest BCUT2D eigenvalue weighted by molar-refractivity contribution is 0.903. The zero-order valence-electron chi connectivity index (χ0n) is 8.32. The average molecular weight is 207 g/mol. The van der Waals surface area contributed by atoms with Gasteiger partial charge in [-0.1, -0.05) is 0 Å². The van der Waals surface area contributed by atoms with Crippen molar-refractivity contribution in [2.24, 2.45) is 0 Å². The lowest BCUT2D eigenvalue weighted by Gasteiger charge is -2.12. The lowest BCUT2D eigenvalue weighted by atomic mass is 10.3. The SMILES string of the molecule is CSCC(C)Nc1cc(C#N)ccn1. The van der Waals surface area contributed by atoms with Crippen molar-refractivity contribution >= 4 is 17.6 Å². The van der Waals surface area contributed by atoms with Crippen molar-refractivity contribution in [1.82, 2.24) is 4.98 Å². The molecule has 0 aliphatic carbocycles. The quantitative estimate of drug-likeness (QED) is 0.821. The number of hydrogen-bond donors (Lipinski definition) is 1. The van der Waals surface area contributed by atoms with Crippen LogP contribution >= 0.6 is 11.8 Å². The van der Waals surface area contributed by atoms with Gasteiger partial charge in [-0.15, -0.1) is 0 Å². The van der Waals surface area contributed by atoms with Crippen molar-refractivity contribution < 1.29 is 0 Å². The molecule has 1 unspecified atom stereocenters. The molecule has 14 heavy (non-hydrogen) atoms. The number of hydrogen-bond acceptors (Lipinski definition) is 4. The molecule has 0 aromatic carbocycles. The second-order valence-corrected chi connectivity index (χ2v) is 3.95. The van der Waals surface area contributed by atoms with Crippen LogP contribution < -0.4 is 5.32 Å². The molecule has 3 nitrogen and oxygen atoms in total.